The second-order valence-corrected chi connectivity index (χ2v) is 6.67. The zero-order valence-corrected chi connectivity index (χ0v) is 14.6. The fraction of sp³-hybridized carbons (Fsp3) is 0.381. The molecule has 0 spiro atoms. The minimum absolute atomic E-state index is 0.0199. The van der Waals surface area contributed by atoms with Gasteiger partial charge in [0.05, 0.1) is 0 Å². The molecule has 3 rings (SSSR count). The van der Waals surface area contributed by atoms with Gasteiger partial charge in [0.1, 0.15) is 5.75 Å². The Bertz CT molecular complexity index is 701. The number of rotatable bonds is 5. The Morgan fingerprint density at radius 2 is 1.84 bits per heavy atom. The molecule has 4 heteroatoms. The molecule has 25 heavy (non-hydrogen) atoms. The van der Waals surface area contributed by atoms with E-state index in [2.05, 4.69) is 6.92 Å². The number of para-hydroxylation sites is 1. The third kappa shape index (κ3) is 4.20. The van der Waals surface area contributed by atoms with Crippen LogP contribution in [0.4, 0.5) is 0 Å². The van der Waals surface area contributed by atoms with Gasteiger partial charge in [-0.1, -0.05) is 48.5 Å². The van der Waals surface area contributed by atoms with Crippen LogP contribution < -0.4 is 4.74 Å². The molecule has 2 aromatic carbocycles. The summed E-state index contributed by atoms with van der Waals surface area (Å²) in [7, 11) is 0. The quantitative estimate of drug-likeness (QED) is 0.909. The first-order valence-corrected chi connectivity index (χ1v) is 8.86. The average Bonchev–Trinajstić information content (AvgIpc) is 2.67. The Hall–Kier alpha value is -2.33. The molecule has 0 aromatic heterocycles. The summed E-state index contributed by atoms with van der Waals surface area (Å²) >= 11 is 0. The highest BCUT2D eigenvalue weighted by atomic mass is 16.5. The van der Waals surface area contributed by atoms with Crippen molar-refractivity contribution in [3.63, 3.8) is 0 Å². The van der Waals surface area contributed by atoms with E-state index in [0.29, 0.717) is 12.3 Å². The lowest BCUT2D eigenvalue weighted by molar-refractivity contribution is -0.138. The first kappa shape index (κ1) is 17.5. The van der Waals surface area contributed by atoms with Crippen LogP contribution in [0.5, 0.6) is 5.75 Å². The Morgan fingerprint density at radius 3 is 2.60 bits per heavy atom. The molecule has 132 valence electrons. The molecular weight excluding hydrogens is 314 g/mol. The predicted molar refractivity (Wildman–Crippen MR) is 98.4 cm³/mol. The number of aliphatic hydroxyl groups is 1. The predicted octanol–water partition coefficient (Wildman–Crippen LogP) is 3.35. The van der Waals surface area contributed by atoms with Crippen LogP contribution in [0.25, 0.3) is 11.1 Å². The van der Waals surface area contributed by atoms with Gasteiger partial charge >= 0.3 is 0 Å². The van der Waals surface area contributed by atoms with Crippen LogP contribution >= 0.6 is 0 Å². The maximum atomic E-state index is 12.6. The van der Waals surface area contributed by atoms with E-state index < -0.39 is 0 Å². The molecule has 1 N–H and O–H groups in total. The minimum atomic E-state index is -0.0199. The van der Waals surface area contributed by atoms with E-state index in [0.717, 1.165) is 24.0 Å². The highest BCUT2D eigenvalue weighted by Gasteiger charge is 2.28. The van der Waals surface area contributed by atoms with Crippen molar-refractivity contribution in [1.82, 2.24) is 4.90 Å². The Labute approximate surface area is 149 Å². The van der Waals surface area contributed by atoms with E-state index in [-0.39, 0.29) is 31.1 Å². The van der Waals surface area contributed by atoms with Crippen LogP contribution in [-0.4, -0.2) is 41.7 Å². The summed E-state index contributed by atoms with van der Waals surface area (Å²) < 4.78 is 5.87. The van der Waals surface area contributed by atoms with E-state index in [1.54, 1.807) is 0 Å². The summed E-state index contributed by atoms with van der Waals surface area (Å²) in [5.74, 6) is 0.871. The molecular formula is C21H25NO3. The summed E-state index contributed by atoms with van der Waals surface area (Å²) in [6.45, 7) is 2.82. The summed E-state index contributed by atoms with van der Waals surface area (Å²) in [6, 6.07) is 18.0. The van der Waals surface area contributed by atoms with Crippen LogP contribution in [0.2, 0.25) is 0 Å². The number of piperidine rings is 1. The van der Waals surface area contributed by atoms with Crippen molar-refractivity contribution in [1.29, 1.82) is 0 Å². The van der Waals surface area contributed by atoms with Gasteiger partial charge in [0.25, 0.3) is 5.91 Å². The zero-order chi connectivity index (χ0) is 17.6. The monoisotopic (exact) mass is 339 g/mol. The summed E-state index contributed by atoms with van der Waals surface area (Å²) in [5.41, 5.74) is 2.05. The first-order chi connectivity index (χ1) is 12.2. The lowest BCUT2D eigenvalue weighted by atomic mass is 9.94. The molecule has 1 aliphatic rings. The van der Waals surface area contributed by atoms with Crippen LogP contribution in [0.15, 0.2) is 54.6 Å². The second kappa shape index (κ2) is 8.17. The zero-order valence-electron chi connectivity index (χ0n) is 14.6. The Balaban J connectivity index is 1.69. The number of carbonyl (C=O) groups is 1. The van der Waals surface area contributed by atoms with Crippen LogP contribution in [-0.2, 0) is 4.79 Å². The number of benzene rings is 2. The molecule has 0 saturated carbocycles. The fourth-order valence-corrected chi connectivity index (χ4v) is 3.35. The van der Waals surface area contributed by atoms with Crippen molar-refractivity contribution in [3.05, 3.63) is 54.6 Å². The van der Waals surface area contributed by atoms with Gasteiger partial charge in [-0.05, 0) is 37.3 Å². The molecule has 0 radical (unpaired) electrons. The van der Waals surface area contributed by atoms with Gasteiger partial charge in [0.15, 0.2) is 6.61 Å². The fourth-order valence-electron chi connectivity index (χ4n) is 3.35. The summed E-state index contributed by atoms with van der Waals surface area (Å²) in [4.78, 5) is 14.5. The van der Waals surface area contributed by atoms with Crippen LogP contribution in [0, 0.1) is 5.92 Å². The van der Waals surface area contributed by atoms with E-state index in [1.165, 1.54) is 0 Å². The van der Waals surface area contributed by atoms with Gasteiger partial charge in [0, 0.05) is 24.8 Å². The van der Waals surface area contributed by atoms with E-state index in [4.69, 9.17) is 4.74 Å². The molecule has 4 nitrogen and oxygen atoms in total. The lowest BCUT2D eigenvalue weighted by Crippen LogP contribution is -2.48. The molecule has 1 fully saturated rings. The van der Waals surface area contributed by atoms with Crippen molar-refractivity contribution in [2.24, 2.45) is 5.92 Å². The standard InChI is InChI=1S/C21H25NO3/c1-16-11-12-17(14-23)13-22(16)21(24)15-25-20-10-6-5-9-19(20)18-7-3-2-4-8-18/h2-10,16-17,23H,11-15H2,1H3. The molecule has 1 amide bonds. The van der Waals surface area contributed by atoms with E-state index >= 15 is 0 Å². The highest BCUT2D eigenvalue weighted by Crippen LogP contribution is 2.29. The normalized spacial score (nSPS) is 20.3. The van der Waals surface area contributed by atoms with Crippen LogP contribution in [0.1, 0.15) is 19.8 Å². The second-order valence-electron chi connectivity index (χ2n) is 6.67. The van der Waals surface area contributed by atoms with Gasteiger partial charge < -0.3 is 14.7 Å². The number of aliphatic hydroxyl groups excluding tert-OH is 1. The molecule has 2 aromatic rings. The van der Waals surface area contributed by atoms with Crippen LogP contribution in [0.3, 0.4) is 0 Å². The topological polar surface area (TPSA) is 49.8 Å². The Kier molecular flexibility index (Phi) is 5.71. The molecule has 0 aliphatic carbocycles. The molecule has 2 unspecified atom stereocenters. The largest absolute Gasteiger partial charge is 0.483 e. The number of ether oxygens (including phenoxy) is 1. The maximum absolute atomic E-state index is 12.6. The van der Waals surface area contributed by atoms with Crippen molar-refractivity contribution >= 4 is 5.91 Å². The maximum Gasteiger partial charge on any atom is 0.260 e. The van der Waals surface area contributed by atoms with Crippen molar-refractivity contribution in [3.8, 4) is 16.9 Å². The smallest absolute Gasteiger partial charge is 0.260 e. The lowest BCUT2D eigenvalue weighted by Gasteiger charge is -2.37. The van der Waals surface area contributed by atoms with E-state index in [9.17, 15) is 9.90 Å². The van der Waals surface area contributed by atoms with Gasteiger partial charge in [-0.3, -0.25) is 4.79 Å². The minimum Gasteiger partial charge on any atom is -0.483 e. The molecule has 1 saturated heterocycles. The first-order valence-electron chi connectivity index (χ1n) is 8.86. The Morgan fingerprint density at radius 1 is 1.12 bits per heavy atom. The van der Waals surface area contributed by atoms with E-state index in [1.807, 2.05) is 59.5 Å². The van der Waals surface area contributed by atoms with Crippen molar-refractivity contribution in [2.75, 3.05) is 19.8 Å². The van der Waals surface area contributed by atoms with Gasteiger partial charge in [-0.15, -0.1) is 0 Å². The molecule has 0 bridgehead atoms. The molecule has 1 heterocycles. The molecule has 2 atom stereocenters. The SMILES string of the molecule is CC1CCC(CO)CN1C(=O)COc1ccccc1-c1ccccc1. The average molecular weight is 339 g/mol. The van der Waals surface area contributed by atoms with Gasteiger partial charge in [-0.2, -0.15) is 0 Å². The number of hydrogen-bond acceptors (Lipinski definition) is 3. The molecule has 1 aliphatic heterocycles. The summed E-state index contributed by atoms with van der Waals surface area (Å²) in [5, 5.41) is 9.38. The van der Waals surface area contributed by atoms with Gasteiger partial charge in [0.2, 0.25) is 0 Å². The number of nitrogens with zero attached hydrogens (tertiary/aromatic N) is 1. The number of carbonyl (C=O) groups excluding carboxylic acids is 1. The van der Waals surface area contributed by atoms with Crippen molar-refractivity contribution < 1.29 is 14.6 Å². The van der Waals surface area contributed by atoms with Crippen molar-refractivity contribution in [2.45, 2.75) is 25.8 Å². The number of hydrogen-bond donors (Lipinski definition) is 1. The highest BCUT2D eigenvalue weighted by molar-refractivity contribution is 5.79. The third-order valence-electron chi connectivity index (χ3n) is 4.88. The van der Waals surface area contributed by atoms with Gasteiger partial charge in [-0.25, -0.2) is 0 Å². The number of amides is 1. The summed E-state index contributed by atoms with van der Waals surface area (Å²) in [6.07, 6.45) is 1.90. The number of likely N-dealkylation sites (tertiary alicyclic amines) is 1. The third-order valence-corrected chi connectivity index (χ3v) is 4.88.